The molecule has 124 valence electrons. The van der Waals surface area contributed by atoms with Gasteiger partial charge in [-0.25, -0.2) is 13.5 Å². The molecule has 1 heterocycles. The normalized spacial score (nSPS) is 11.8. The van der Waals surface area contributed by atoms with Crippen molar-refractivity contribution in [2.24, 2.45) is 0 Å². The first kappa shape index (κ1) is 16.4. The van der Waals surface area contributed by atoms with Crippen LogP contribution in [0.3, 0.4) is 0 Å². The summed E-state index contributed by atoms with van der Waals surface area (Å²) in [6, 6.07) is 7.20. The maximum Gasteiger partial charge on any atom is 0.416 e. The number of aromatic nitrogens is 3. The zero-order valence-electron chi connectivity index (χ0n) is 11.7. The van der Waals surface area contributed by atoms with Gasteiger partial charge in [0.05, 0.1) is 16.8 Å². The Kier molecular flexibility index (Phi) is 4.00. The van der Waals surface area contributed by atoms with Crippen LogP contribution in [0.2, 0.25) is 5.28 Å². The third-order valence-electron chi connectivity index (χ3n) is 3.19. The number of halogens is 6. The predicted molar refractivity (Wildman–Crippen MR) is 76.7 cm³/mol. The highest BCUT2D eigenvalue weighted by Gasteiger charge is 2.30. The minimum absolute atomic E-state index is 0.170. The van der Waals surface area contributed by atoms with Gasteiger partial charge in [0, 0.05) is 0 Å². The molecule has 1 aromatic heterocycles. The van der Waals surface area contributed by atoms with Crippen LogP contribution in [0.15, 0.2) is 42.5 Å². The van der Waals surface area contributed by atoms with Crippen LogP contribution in [0.4, 0.5) is 22.0 Å². The van der Waals surface area contributed by atoms with Gasteiger partial charge in [-0.05, 0) is 48.0 Å². The van der Waals surface area contributed by atoms with Crippen molar-refractivity contribution in [3.63, 3.8) is 0 Å². The molecule has 0 bridgehead atoms. The lowest BCUT2D eigenvalue weighted by Crippen LogP contribution is -2.05. The summed E-state index contributed by atoms with van der Waals surface area (Å²) < 4.78 is 66.2. The van der Waals surface area contributed by atoms with E-state index >= 15 is 0 Å². The smallest absolute Gasteiger partial charge is 0.206 e. The molecule has 0 radical (unpaired) electrons. The summed E-state index contributed by atoms with van der Waals surface area (Å²) in [5, 5.41) is 3.63. The molecule has 0 amide bonds. The van der Waals surface area contributed by atoms with E-state index in [0.717, 1.165) is 41.1 Å². The summed E-state index contributed by atoms with van der Waals surface area (Å²) in [4.78, 5) is 3.77. The average Bonchev–Trinajstić information content (AvgIpc) is 2.88. The number of hydrogen-bond donors (Lipinski definition) is 0. The molecule has 0 unspecified atom stereocenters. The molecule has 3 aromatic rings. The van der Waals surface area contributed by atoms with Gasteiger partial charge in [0.25, 0.3) is 0 Å². The van der Waals surface area contributed by atoms with E-state index < -0.39 is 28.9 Å². The van der Waals surface area contributed by atoms with Crippen molar-refractivity contribution >= 4 is 11.6 Å². The molecule has 0 saturated heterocycles. The second kappa shape index (κ2) is 5.86. The van der Waals surface area contributed by atoms with Crippen molar-refractivity contribution in [2.75, 3.05) is 0 Å². The van der Waals surface area contributed by atoms with Crippen molar-refractivity contribution in [1.29, 1.82) is 0 Å². The molecule has 9 heteroatoms. The van der Waals surface area contributed by atoms with E-state index in [1.54, 1.807) is 0 Å². The number of nitrogens with zero attached hydrogens (tertiary/aromatic N) is 3. The van der Waals surface area contributed by atoms with Crippen LogP contribution >= 0.6 is 11.6 Å². The van der Waals surface area contributed by atoms with Crippen LogP contribution in [0.1, 0.15) is 5.56 Å². The lowest BCUT2D eigenvalue weighted by molar-refractivity contribution is -0.137. The molecule has 0 atom stereocenters. The molecule has 0 aliphatic heterocycles. The quantitative estimate of drug-likeness (QED) is 0.610. The molecule has 3 rings (SSSR count). The van der Waals surface area contributed by atoms with Gasteiger partial charge in [0.15, 0.2) is 5.82 Å². The van der Waals surface area contributed by atoms with Gasteiger partial charge in [-0.3, -0.25) is 0 Å². The van der Waals surface area contributed by atoms with E-state index in [2.05, 4.69) is 10.1 Å². The van der Waals surface area contributed by atoms with Crippen LogP contribution in [0.25, 0.3) is 17.1 Å². The van der Waals surface area contributed by atoms with E-state index in [0.29, 0.717) is 0 Å². The van der Waals surface area contributed by atoms with Gasteiger partial charge in [0.2, 0.25) is 5.28 Å². The molecular weight excluding hydrogens is 353 g/mol. The van der Waals surface area contributed by atoms with Crippen LogP contribution in [-0.4, -0.2) is 14.8 Å². The first-order chi connectivity index (χ1) is 11.3. The molecule has 3 nitrogen and oxygen atoms in total. The Balaban J connectivity index is 2.04. The lowest BCUT2D eigenvalue weighted by atomic mass is 10.2. The molecule has 0 saturated carbocycles. The summed E-state index contributed by atoms with van der Waals surface area (Å²) in [5.41, 5.74) is -1.14. The van der Waals surface area contributed by atoms with Gasteiger partial charge < -0.3 is 0 Å². The Morgan fingerprint density at radius 3 is 2.04 bits per heavy atom. The summed E-state index contributed by atoms with van der Waals surface area (Å²) in [5.74, 6) is -2.07. The third-order valence-corrected chi connectivity index (χ3v) is 3.44. The fourth-order valence-corrected chi connectivity index (χ4v) is 2.28. The van der Waals surface area contributed by atoms with Gasteiger partial charge in [-0.1, -0.05) is 6.07 Å². The van der Waals surface area contributed by atoms with Crippen LogP contribution in [-0.2, 0) is 6.18 Å². The summed E-state index contributed by atoms with van der Waals surface area (Å²) in [6.07, 6.45) is -4.48. The van der Waals surface area contributed by atoms with Gasteiger partial charge in [-0.2, -0.15) is 18.2 Å². The van der Waals surface area contributed by atoms with Crippen molar-refractivity contribution in [3.05, 3.63) is 64.9 Å². The maximum atomic E-state index is 13.8. The number of rotatable bonds is 2. The zero-order chi connectivity index (χ0) is 17.5. The predicted octanol–water partition coefficient (Wildman–Crippen LogP) is 4.88. The standard InChI is InChI=1S/C15H7ClF5N3/c16-14-22-13(12-10(17)2-1-3-11(12)18)23-24(14)9-6-4-8(5-7-9)15(19,20)21/h1-7H. The minimum Gasteiger partial charge on any atom is -0.206 e. The molecule has 0 aliphatic carbocycles. The van der Waals surface area contributed by atoms with Crippen molar-refractivity contribution in [2.45, 2.75) is 6.18 Å². The van der Waals surface area contributed by atoms with Crippen molar-refractivity contribution < 1.29 is 22.0 Å². The fraction of sp³-hybridized carbons (Fsp3) is 0.0667. The van der Waals surface area contributed by atoms with Crippen molar-refractivity contribution in [1.82, 2.24) is 14.8 Å². The third kappa shape index (κ3) is 2.96. The highest BCUT2D eigenvalue weighted by molar-refractivity contribution is 6.28. The first-order valence-corrected chi connectivity index (χ1v) is 6.90. The Morgan fingerprint density at radius 1 is 0.917 bits per heavy atom. The van der Waals surface area contributed by atoms with E-state index in [1.165, 1.54) is 6.07 Å². The highest BCUT2D eigenvalue weighted by atomic mass is 35.5. The fourth-order valence-electron chi connectivity index (χ4n) is 2.07. The second-order valence-electron chi connectivity index (χ2n) is 4.76. The molecule has 0 N–H and O–H groups in total. The van der Waals surface area contributed by atoms with Gasteiger partial charge in [0.1, 0.15) is 11.6 Å². The van der Waals surface area contributed by atoms with Crippen LogP contribution in [0, 0.1) is 11.6 Å². The largest absolute Gasteiger partial charge is 0.416 e. The van der Waals surface area contributed by atoms with Gasteiger partial charge in [-0.15, -0.1) is 5.10 Å². The minimum atomic E-state index is -4.48. The topological polar surface area (TPSA) is 30.7 Å². The number of hydrogen-bond acceptors (Lipinski definition) is 2. The van der Waals surface area contributed by atoms with E-state index in [-0.39, 0.29) is 16.8 Å². The Morgan fingerprint density at radius 2 is 1.50 bits per heavy atom. The Bertz CT molecular complexity index is 867. The van der Waals surface area contributed by atoms with Crippen LogP contribution in [0.5, 0.6) is 0 Å². The number of benzene rings is 2. The monoisotopic (exact) mass is 359 g/mol. The SMILES string of the molecule is Fc1cccc(F)c1-c1nc(Cl)n(-c2ccc(C(F)(F)F)cc2)n1. The summed E-state index contributed by atoms with van der Waals surface area (Å²) in [7, 11) is 0. The summed E-state index contributed by atoms with van der Waals surface area (Å²) >= 11 is 5.89. The van der Waals surface area contributed by atoms with E-state index in [4.69, 9.17) is 11.6 Å². The van der Waals surface area contributed by atoms with Crippen LogP contribution < -0.4 is 0 Å². The molecule has 0 fully saturated rings. The highest BCUT2D eigenvalue weighted by Crippen LogP contribution is 2.30. The average molecular weight is 360 g/mol. The van der Waals surface area contributed by atoms with Crippen molar-refractivity contribution in [3.8, 4) is 17.1 Å². The molecular formula is C15H7ClF5N3. The number of alkyl halides is 3. The summed E-state index contributed by atoms with van der Waals surface area (Å²) in [6.45, 7) is 0. The zero-order valence-corrected chi connectivity index (χ0v) is 12.4. The molecule has 0 aliphatic rings. The van der Waals surface area contributed by atoms with E-state index in [9.17, 15) is 22.0 Å². The molecule has 24 heavy (non-hydrogen) atoms. The second-order valence-corrected chi connectivity index (χ2v) is 5.10. The molecule has 0 spiro atoms. The maximum absolute atomic E-state index is 13.8. The van der Waals surface area contributed by atoms with E-state index in [1.807, 2.05) is 0 Å². The first-order valence-electron chi connectivity index (χ1n) is 6.52. The Labute approximate surface area is 137 Å². The van der Waals surface area contributed by atoms with Gasteiger partial charge >= 0.3 is 6.18 Å². The Hall–Kier alpha value is -2.48. The lowest BCUT2D eigenvalue weighted by Gasteiger charge is -2.07. The molecule has 2 aromatic carbocycles.